The number of hydrogen-bond donors (Lipinski definition) is 1. The summed E-state index contributed by atoms with van der Waals surface area (Å²) >= 11 is 7.43. The number of halogens is 2. The number of nitrogens with zero attached hydrogens (tertiary/aromatic N) is 1. The van der Waals surface area contributed by atoms with Gasteiger partial charge in [-0.2, -0.15) is 0 Å². The molecule has 1 aromatic carbocycles. The van der Waals surface area contributed by atoms with Crippen LogP contribution in [0, 0.1) is 5.92 Å². The Hall–Kier alpha value is 0.1000. The Balaban J connectivity index is 1.92. The van der Waals surface area contributed by atoms with Crippen LogP contribution >= 0.6 is 31.9 Å². The summed E-state index contributed by atoms with van der Waals surface area (Å²) < 4.78 is 2.45. The maximum absolute atomic E-state index is 3.78. The fourth-order valence-corrected chi connectivity index (χ4v) is 4.58. The fourth-order valence-electron chi connectivity index (χ4n) is 3.72. The van der Waals surface area contributed by atoms with Crippen LogP contribution in [-0.4, -0.2) is 31.1 Å². The van der Waals surface area contributed by atoms with E-state index in [4.69, 9.17) is 0 Å². The first-order valence-electron chi connectivity index (χ1n) is 7.65. The van der Waals surface area contributed by atoms with Gasteiger partial charge in [-0.3, -0.25) is 4.90 Å². The minimum atomic E-state index is 0.575. The van der Waals surface area contributed by atoms with Crippen molar-refractivity contribution in [1.82, 2.24) is 10.2 Å². The molecule has 1 N–H and O–H groups in total. The fraction of sp³-hybridized carbons (Fsp3) is 0.625. The smallest absolute Gasteiger partial charge is 0.0388 e. The van der Waals surface area contributed by atoms with Crippen molar-refractivity contribution in [2.75, 3.05) is 26.2 Å². The maximum Gasteiger partial charge on any atom is 0.0388 e. The van der Waals surface area contributed by atoms with Crippen molar-refractivity contribution in [2.24, 2.45) is 5.92 Å². The second-order valence-electron chi connectivity index (χ2n) is 5.94. The third kappa shape index (κ3) is 3.29. The van der Waals surface area contributed by atoms with Gasteiger partial charge in [-0.05, 0) is 42.5 Å². The Morgan fingerprint density at radius 1 is 1.10 bits per heavy atom. The number of piperazine rings is 1. The van der Waals surface area contributed by atoms with Gasteiger partial charge in [0, 0.05) is 41.2 Å². The molecular weight excluding hydrogens is 380 g/mol. The second kappa shape index (κ2) is 6.91. The molecule has 4 heteroatoms. The van der Waals surface area contributed by atoms with Crippen LogP contribution < -0.4 is 5.32 Å². The molecule has 1 aliphatic carbocycles. The van der Waals surface area contributed by atoms with Crippen LogP contribution in [0.4, 0.5) is 0 Å². The zero-order chi connectivity index (χ0) is 13.9. The quantitative estimate of drug-likeness (QED) is 0.809. The van der Waals surface area contributed by atoms with E-state index in [1.807, 2.05) is 0 Å². The van der Waals surface area contributed by atoms with Gasteiger partial charge >= 0.3 is 0 Å². The van der Waals surface area contributed by atoms with E-state index in [0.29, 0.717) is 6.04 Å². The summed E-state index contributed by atoms with van der Waals surface area (Å²) in [5.74, 6) is 0.818. The van der Waals surface area contributed by atoms with Gasteiger partial charge in [-0.15, -0.1) is 0 Å². The standard InChI is InChI=1S/C16H22Br2N2/c17-13-5-6-15(18)14(11-13)16(12-3-1-2-4-12)20-9-7-19-8-10-20/h5-6,11-12,16,19H,1-4,7-10H2/t16-/m0/s1. The van der Waals surface area contributed by atoms with E-state index < -0.39 is 0 Å². The van der Waals surface area contributed by atoms with Crippen LogP contribution in [0.3, 0.4) is 0 Å². The molecule has 110 valence electrons. The molecule has 2 nitrogen and oxygen atoms in total. The molecule has 0 radical (unpaired) electrons. The maximum atomic E-state index is 3.78. The van der Waals surface area contributed by atoms with E-state index >= 15 is 0 Å². The minimum Gasteiger partial charge on any atom is -0.314 e. The molecule has 0 aromatic heterocycles. The second-order valence-corrected chi connectivity index (χ2v) is 7.71. The van der Waals surface area contributed by atoms with Crippen molar-refractivity contribution in [3.8, 4) is 0 Å². The van der Waals surface area contributed by atoms with Gasteiger partial charge in [0.15, 0.2) is 0 Å². The molecule has 1 aliphatic heterocycles. The van der Waals surface area contributed by atoms with Crippen molar-refractivity contribution in [3.63, 3.8) is 0 Å². The highest BCUT2D eigenvalue weighted by Gasteiger charge is 2.32. The lowest BCUT2D eigenvalue weighted by atomic mass is 9.90. The molecule has 1 atom stereocenters. The Labute approximate surface area is 138 Å². The lowest BCUT2D eigenvalue weighted by Crippen LogP contribution is -2.46. The summed E-state index contributed by atoms with van der Waals surface area (Å²) in [5.41, 5.74) is 1.47. The first-order chi connectivity index (χ1) is 9.75. The van der Waals surface area contributed by atoms with Gasteiger partial charge in [0.05, 0.1) is 0 Å². The Morgan fingerprint density at radius 3 is 2.50 bits per heavy atom. The summed E-state index contributed by atoms with van der Waals surface area (Å²) in [4.78, 5) is 2.69. The van der Waals surface area contributed by atoms with Gasteiger partial charge < -0.3 is 5.32 Å². The lowest BCUT2D eigenvalue weighted by molar-refractivity contribution is 0.125. The van der Waals surface area contributed by atoms with Gasteiger partial charge in [0.25, 0.3) is 0 Å². The monoisotopic (exact) mass is 400 g/mol. The third-order valence-electron chi connectivity index (χ3n) is 4.67. The first kappa shape index (κ1) is 15.0. The van der Waals surface area contributed by atoms with Crippen molar-refractivity contribution in [2.45, 2.75) is 31.7 Å². The summed E-state index contributed by atoms with van der Waals surface area (Å²) in [7, 11) is 0. The minimum absolute atomic E-state index is 0.575. The number of rotatable bonds is 3. The molecule has 0 bridgehead atoms. The third-order valence-corrected chi connectivity index (χ3v) is 5.88. The Kier molecular flexibility index (Phi) is 5.18. The van der Waals surface area contributed by atoms with Gasteiger partial charge in [-0.25, -0.2) is 0 Å². The highest BCUT2D eigenvalue weighted by molar-refractivity contribution is 9.11. The van der Waals surface area contributed by atoms with E-state index in [9.17, 15) is 0 Å². The summed E-state index contributed by atoms with van der Waals surface area (Å²) in [6.45, 7) is 4.57. The summed E-state index contributed by atoms with van der Waals surface area (Å²) in [5, 5.41) is 3.47. The molecule has 2 aliphatic rings. The zero-order valence-corrected chi connectivity index (χ0v) is 14.9. The molecule has 1 aromatic rings. The predicted octanol–water partition coefficient (Wildman–Crippen LogP) is 4.35. The summed E-state index contributed by atoms with van der Waals surface area (Å²) in [6, 6.07) is 7.20. The molecule has 1 saturated heterocycles. The molecule has 2 fully saturated rings. The van der Waals surface area contributed by atoms with E-state index in [0.717, 1.165) is 19.0 Å². The molecule has 1 saturated carbocycles. The van der Waals surface area contributed by atoms with E-state index in [2.05, 4.69) is 60.3 Å². The van der Waals surface area contributed by atoms with Crippen molar-refractivity contribution in [1.29, 1.82) is 0 Å². The highest BCUT2D eigenvalue weighted by Crippen LogP contribution is 2.42. The van der Waals surface area contributed by atoms with E-state index in [1.54, 1.807) is 0 Å². The lowest BCUT2D eigenvalue weighted by Gasteiger charge is -2.39. The topological polar surface area (TPSA) is 15.3 Å². The largest absolute Gasteiger partial charge is 0.314 e. The van der Waals surface area contributed by atoms with Crippen LogP contribution in [-0.2, 0) is 0 Å². The molecule has 0 spiro atoms. The van der Waals surface area contributed by atoms with Gasteiger partial charge in [0.2, 0.25) is 0 Å². The summed E-state index contributed by atoms with van der Waals surface area (Å²) in [6.07, 6.45) is 5.57. The number of hydrogen-bond acceptors (Lipinski definition) is 2. The van der Waals surface area contributed by atoms with Crippen LogP contribution in [0.15, 0.2) is 27.1 Å². The van der Waals surface area contributed by atoms with Crippen molar-refractivity contribution in [3.05, 3.63) is 32.7 Å². The molecule has 0 unspecified atom stereocenters. The number of benzene rings is 1. The van der Waals surface area contributed by atoms with Crippen LogP contribution in [0.2, 0.25) is 0 Å². The van der Waals surface area contributed by atoms with E-state index in [1.165, 1.54) is 53.3 Å². The normalized spacial score (nSPS) is 23.1. The average molecular weight is 402 g/mol. The molecule has 0 amide bonds. The van der Waals surface area contributed by atoms with Crippen LogP contribution in [0.25, 0.3) is 0 Å². The molecule has 1 heterocycles. The Morgan fingerprint density at radius 2 is 1.80 bits per heavy atom. The van der Waals surface area contributed by atoms with Gasteiger partial charge in [0.1, 0.15) is 0 Å². The molecular formula is C16H22Br2N2. The highest BCUT2D eigenvalue weighted by atomic mass is 79.9. The predicted molar refractivity (Wildman–Crippen MR) is 91.0 cm³/mol. The van der Waals surface area contributed by atoms with E-state index in [-0.39, 0.29) is 0 Å². The number of nitrogens with one attached hydrogen (secondary N) is 1. The average Bonchev–Trinajstić information content (AvgIpc) is 2.98. The Bertz CT molecular complexity index is 452. The molecule has 3 rings (SSSR count). The first-order valence-corrected chi connectivity index (χ1v) is 9.24. The van der Waals surface area contributed by atoms with Crippen LogP contribution in [0.1, 0.15) is 37.3 Å². The van der Waals surface area contributed by atoms with Crippen molar-refractivity contribution < 1.29 is 0 Å². The SMILES string of the molecule is Brc1ccc(Br)c([C@H](C2CCCC2)N2CCNCC2)c1. The zero-order valence-electron chi connectivity index (χ0n) is 11.7. The van der Waals surface area contributed by atoms with Crippen molar-refractivity contribution >= 4 is 31.9 Å². The molecule has 20 heavy (non-hydrogen) atoms. The van der Waals surface area contributed by atoms with Crippen LogP contribution in [0.5, 0.6) is 0 Å². The van der Waals surface area contributed by atoms with Gasteiger partial charge in [-0.1, -0.05) is 44.7 Å².